The number of carboxylic acid groups (broad SMARTS) is 1. The van der Waals surface area contributed by atoms with Crippen LogP contribution < -0.4 is 21.7 Å². The molecule has 3 unspecified atom stereocenters. The molecule has 0 aromatic carbocycles. The zero-order chi connectivity index (χ0) is 22.4. The van der Waals surface area contributed by atoms with Crippen LogP contribution in [-0.2, 0) is 19.2 Å². The Morgan fingerprint density at radius 1 is 0.931 bits per heavy atom. The number of carbonyl (C=O) groups is 4. The lowest BCUT2D eigenvalue weighted by Crippen LogP contribution is -2.54. The van der Waals surface area contributed by atoms with Crippen molar-refractivity contribution in [3.05, 3.63) is 0 Å². The first-order valence-electron chi connectivity index (χ1n) is 9.46. The molecule has 0 fully saturated rings. The molecule has 3 atom stereocenters. The second kappa shape index (κ2) is 15.4. The fourth-order valence-electron chi connectivity index (χ4n) is 2.39. The molecule has 11 heteroatoms. The minimum absolute atomic E-state index is 0.130. The van der Waals surface area contributed by atoms with Crippen LogP contribution in [0, 0.1) is 5.92 Å². The van der Waals surface area contributed by atoms with Gasteiger partial charge in [0.2, 0.25) is 17.7 Å². The summed E-state index contributed by atoms with van der Waals surface area (Å²) in [6.07, 6.45) is 4.94. The third-order valence-electron chi connectivity index (χ3n) is 3.98. The van der Waals surface area contributed by atoms with Crippen LogP contribution in [0.3, 0.4) is 0 Å². The summed E-state index contributed by atoms with van der Waals surface area (Å²) in [6.45, 7) is 3.46. The van der Waals surface area contributed by atoms with Crippen molar-refractivity contribution in [3.63, 3.8) is 0 Å². The van der Waals surface area contributed by atoms with Crippen LogP contribution >= 0.6 is 23.5 Å². The smallest absolute Gasteiger partial charge is 0.326 e. The van der Waals surface area contributed by atoms with Gasteiger partial charge in [-0.25, -0.2) is 4.79 Å². The lowest BCUT2D eigenvalue weighted by Gasteiger charge is -2.22. The Labute approximate surface area is 181 Å². The van der Waals surface area contributed by atoms with Crippen molar-refractivity contribution in [2.24, 2.45) is 11.7 Å². The summed E-state index contributed by atoms with van der Waals surface area (Å²) in [5.41, 5.74) is 5.85. The van der Waals surface area contributed by atoms with Crippen molar-refractivity contribution < 1.29 is 24.3 Å². The first-order valence-corrected chi connectivity index (χ1v) is 12.2. The molecule has 9 nitrogen and oxygen atoms in total. The fraction of sp³-hybridized carbons (Fsp3) is 0.778. The number of amides is 3. The number of rotatable bonds is 15. The second-order valence-electron chi connectivity index (χ2n) is 7.04. The van der Waals surface area contributed by atoms with Crippen molar-refractivity contribution in [2.75, 3.05) is 30.6 Å². The predicted octanol–water partition coefficient (Wildman–Crippen LogP) is 0.0364. The van der Waals surface area contributed by atoms with Gasteiger partial charge >= 0.3 is 5.97 Å². The molecule has 3 amide bonds. The van der Waals surface area contributed by atoms with Crippen molar-refractivity contribution in [1.29, 1.82) is 0 Å². The summed E-state index contributed by atoms with van der Waals surface area (Å²) in [7, 11) is 0. The van der Waals surface area contributed by atoms with E-state index >= 15 is 0 Å². The van der Waals surface area contributed by atoms with E-state index in [1.807, 2.05) is 26.4 Å². The molecule has 0 saturated carbocycles. The number of hydrogen-bond donors (Lipinski definition) is 5. The van der Waals surface area contributed by atoms with E-state index in [2.05, 4.69) is 16.0 Å². The van der Waals surface area contributed by atoms with E-state index in [-0.39, 0.29) is 18.9 Å². The van der Waals surface area contributed by atoms with Crippen molar-refractivity contribution >= 4 is 47.2 Å². The van der Waals surface area contributed by atoms with E-state index in [0.29, 0.717) is 18.6 Å². The van der Waals surface area contributed by atoms with E-state index in [9.17, 15) is 19.2 Å². The summed E-state index contributed by atoms with van der Waals surface area (Å²) in [5.74, 6) is -1.19. The average Bonchev–Trinajstić information content (AvgIpc) is 2.65. The van der Waals surface area contributed by atoms with Gasteiger partial charge in [0.15, 0.2) is 0 Å². The van der Waals surface area contributed by atoms with E-state index in [0.717, 1.165) is 5.75 Å². The minimum Gasteiger partial charge on any atom is -0.480 e. The van der Waals surface area contributed by atoms with Crippen molar-refractivity contribution in [1.82, 2.24) is 16.0 Å². The Kier molecular flexibility index (Phi) is 14.6. The lowest BCUT2D eigenvalue weighted by molar-refractivity contribution is -0.141. The van der Waals surface area contributed by atoms with Gasteiger partial charge in [-0.2, -0.15) is 23.5 Å². The van der Waals surface area contributed by atoms with Gasteiger partial charge in [-0.3, -0.25) is 14.4 Å². The SMILES string of the molecule is CSCCC(N)C(=O)NC(CC(C)C)C(=O)NCC(=O)NC(CCSC)C(=O)O. The third-order valence-corrected chi connectivity index (χ3v) is 5.26. The highest BCUT2D eigenvalue weighted by Gasteiger charge is 2.25. The van der Waals surface area contributed by atoms with Crippen molar-refractivity contribution in [2.45, 2.75) is 51.2 Å². The number of aliphatic carboxylic acids is 1. The summed E-state index contributed by atoms with van der Waals surface area (Å²) in [5, 5.41) is 16.7. The Balaban J connectivity index is 4.74. The van der Waals surface area contributed by atoms with E-state index in [4.69, 9.17) is 10.8 Å². The Morgan fingerprint density at radius 2 is 1.52 bits per heavy atom. The molecule has 168 valence electrons. The topological polar surface area (TPSA) is 151 Å². The molecule has 0 aliphatic carbocycles. The Morgan fingerprint density at radius 3 is 2.03 bits per heavy atom. The van der Waals surface area contributed by atoms with Gasteiger partial charge in [0.1, 0.15) is 12.1 Å². The van der Waals surface area contributed by atoms with Crippen LogP contribution in [0.1, 0.15) is 33.1 Å². The predicted molar refractivity (Wildman–Crippen MR) is 118 cm³/mol. The van der Waals surface area contributed by atoms with Crippen molar-refractivity contribution in [3.8, 4) is 0 Å². The summed E-state index contributed by atoms with van der Waals surface area (Å²) >= 11 is 3.06. The molecule has 0 heterocycles. The van der Waals surface area contributed by atoms with E-state index in [1.54, 1.807) is 11.8 Å². The van der Waals surface area contributed by atoms with Gasteiger partial charge in [-0.1, -0.05) is 13.8 Å². The van der Waals surface area contributed by atoms with E-state index < -0.39 is 41.8 Å². The molecular formula is C18H34N4O5S2. The highest BCUT2D eigenvalue weighted by molar-refractivity contribution is 7.98. The van der Waals surface area contributed by atoms with Gasteiger partial charge in [0.05, 0.1) is 12.6 Å². The molecule has 0 aromatic heterocycles. The zero-order valence-electron chi connectivity index (χ0n) is 17.5. The molecule has 0 aromatic rings. The molecular weight excluding hydrogens is 416 g/mol. The molecule has 0 saturated heterocycles. The first kappa shape index (κ1) is 27.5. The molecule has 0 bridgehead atoms. The normalized spacial score (nSPS) is 14.0. The van der Waals surface area contributed by atoms with E-state index in [1.165, 1.54) is 11.8 Å². The quantitative estimate of drug-likeness (QED) is 0.235. The minimum atomic E-state index is -1.12. The monoisotopic (exact) mass is 450 g/mol. The highest BCUT2D eigenvalue weighted by atomic mass is 32.2. The Hall–Kier alpha value is -1.46. The van der Waals surface area contributed by atoms with Crippen LogP contribution in [0.25, 0.3) is 0 Å². The van der Waals surface area contributed by atoms with Gasteiger partial charge in [0.25, 0.3) is 0 Å². The van der Waals surface area contributed by atoms with Gasteiger partial charge < -0.3 is 26.8 Å². The second-order valence-corrected chi connectivity index (χ2v) is 9.01. The summed E-state index contributed by atoms with van der Waals surface area (Å²) in [6, 6.07) is -2.53. The number of carboxylic acids is 1. The zero-order valence-corrected chi connectivity index (χ0v) is 19.2. The largest absolute Gasteiger partial charge is 0.480 e. The maximum absolute atomic E-state index is 12.5. The molecule has 0 radical (unpaired) electrons. The summed E-state index contributed by atoms with van der Waals surface area (Å²) in [4.78, 5) is 47.9. The number of thioether (sulfide) groups is 2. The molecule has 0 aliphatic heterocycles. The first-order chi connectivity index (χ1) is 13.6. The number of nitrogens with two attached hydrogens (primary N) is 1. The lowest BCUT2D eigenvalue weighted by atomic mass is 10.0. The van der Waals surface area contributed by atoms with Gasteiger partial charge in [-0.15, -0.1) is 0 Å². The van der Waals surface area contributed by atoms with Crippen LogP contribution in [0.2, 0.25) is 0 Å². The van der Waals surface area contributed by atoms with Gasteiger partial charge in [0, 0.05) is 0 Å². The number of hydrogen-bond acceptors (Lipinski definition) is 7. The number of carbonyl (C=O) groups excluding carboxylic acids is 3. The van der Waals surface area contributed by atoms with Crippen LogP contribution in [0.15, 0.2) is 0 Å². The maximum atomic E-state index is 12.5. The fourth-order valence-corrected chi connectivity index (χ4v) is 3.35. The number of nitrogens with one attached hydrogen (secondary N) is 3. The standard InChI is InChI=1S/C18H34N4O5S2/c1-11(2)9-14(22-16(24)12(19)5-7-28-3)17(25)20-10-15(23)21-13(18(26)27)6-8-29-4/h11-14H,5-10,19H2,1-4H3,(H,20,25)(H,21,23)(H,22,24)(H,26,27). The van der Waals surface area contributed by atoms with Crippen LogP contribution in [0.5, 0.6) is 0 Å². The Bertz CT molecular complexity index is 548. The molecule has 0 rings (SSSR count). The third kappa shape index (κ3) is 12.7. The maximum Gasteiger partial charge on any atom is 0.326 e. The summed E-state index contributed by atoms with van der Waals surface area (Å²) < 4.78 is 0. The molecule has 0 aliphatic rings. The highest BCUT2D eigenvalue weighted by Crippen LogP contribution is 2.06. The average molecular weight is 451 g/mol. The van der Waals surface area contributed by atoms with Crippen LogP contribution in [0.4, 0.5) is 0 Å². The van der Waals surface area contributed by atoms with Gasteiger partial charge in [-0.05, 0) is 49.2 Å². The molecule has 29 heavy (non-hydrogen) atoms. The molecule has 0 spiro atoms. The van der Waals surface area contributed by atoms with Crippen LogP contribution in [-0.4, -0.2) is 77.5 Å². The molecule has 6 N–H and O–H groups in total.